The Kier molecular flexibility index (Phi) is 4.37. The summed E-state index contributed by atoms with van der Waals surface area (Å²) in [6.45, 7) is 1.34. The van der Waals surface area contributed by atoms with Crippen LogP contribution in [0, 0.1) is 0 Å². The molecule has 1 heterocycles. The number of fused-ring (bicyclic) bond motifs is 1. The second-order valence-corrected chi connectivity index (χ2v) is 3.04. The number of likely N-dealkylation sites (N-methyl/N-ethyl adjacent to an activating group) is 1. The second-order valence-electron chi connectivity index (χ2n) is 3.04. The van der Waals surface area contributed by atoms with Crippen LogP contribution < -0.4 is 14.8 Å². The minimum atomic E-state index is 0. The third-order valence-corrected chi connectivity index (χ3v) is 2.10. The third kappa shape index (κ3) is 2.46. The molecule has 0 spiro atoms. The van der Waals surface area contributed by atoms with Gasteiger partial charge in [0.25, 0.3) is 0 Å². The minimum absolute atomic E-state index is 0. The molecule has 1 aliphatic heterocycles. The number of ether oxygens (including phenoxy) is 2. The van der Waals surface area contributed by atoms with Crippen LogP contribution in [0.25, 0.3) is 0 Å². The van der Waals surface area contributed by atoms with Gasteiger partial charge >= 0.3 is 19.5 Å². The summed E-state index contributed by atoms with van der Waals surface area (Å²) in [5.41, 5.74) is 1.28. The molecule has 0 fully saturated rings. The first-order chi connectivity index (χ1) is 6.40. The van der Waals surface area contributed by atoms with Crippen LogP contribution in [-0.4, -0.2) is 20.4 Å². The molecule has 1 aromatic carbocycles. The van der Waals surface area contributed by atoms with Crippen molar-refractivity contribution in [3.63, 3.8) is 0 Å². The van der Waals surface area contributed by atoms with Gasteiger partial charge in [-0.3, -0.25) is 0 Å². The fraction of sp³-hybridized carbons (Fsp3) is 0.400. The molecule has 4 heteroatoms. The molecular weight excluding hydrogens is 232 g/mol. The van der Waals surface area contributed by atoms with Gasteiger partial charge in [-0.25, -0.2) is 0 Å². The van der Waals surface area contributed by atoms with E-state index in [4.69, 9.17) is 9.47 Å². The third-order valence-electron chi connectivity index (χ3n) is 2.10. The van der Waals surface area contributed by atoms with Crippen LogP contribution in [0.3, 0.4) is 0 Å². The Balaban J connectivity index is 0.000000980. The molecule has 14 heavy (non-hydrogen) atoms. The van der Waals surface area contributed by atoms with E-state index in [-0.39, 0.29) is 19.5 Å². The van der Waals surface area contributed by atoms with Crippen LogP contribution in [0.5, 0.6) is 11.5 Å². The molecule has 1 aliphatic rings. The van der Waals surface area contributed by atoms with E-state index < -0.39 is 0 Å². The van der Waals surface area contributed by atoms with Gasteiger partial charge in [-0.05, 0) is 37.7 Å². The fourth-order valence-corrected chi connectivity index (χ4v) is 1.37. The Labute approximate surface area is 96.5 Å². The molecule has 0 saturated heterocycles. The van der Waals surface area contributed by atoms with E-state index >= 15 is 0 Å². The zero-order valence-electron chi connectivity index (χ0n) is 8.38. The van der Waals surface area contributed by atoms with Gasteiger partial charge in [0.15, 0.2) is 11.5 Å². The van der Waals surface area contributed by atoms with E-state index in [2.05, 4.69) is 11.4 Å². The quantitative estimate of drug-likeness (QED) is 0.810. The molecule has 0 unspecified atom stereocenters. The van der Waals surface area contributed by atoms with Crippen molar-refractivity contribution in [3.8, 4) is 11.5 Å². The van der Waals surface area contributed by atoms with Crippen molar-refractivity contribution >= 4 is 0 Å². The summed E-state index contributed by atoms with van der Waals surface area (Å²) < 4.78 is 10.5. The van der Waals surface area contributed by atoms with E-state index in [0.29, 0.717) is 6.79 Å². The van der Waals surface area contributed by atoms with Crippen LogP contribution >= 0.6 is 0 Å². The Morgan fingerprint density at radius 1 is 1.29 bits per heavy atom. The van der Waals surface area contributed by atoms with Crippen molar-refractivity contribution in [1.82, 2.24) is 5.32 Å². The van der Waals surface area contributed by atoms with Crippen molar-refractivity contribution < 1.29 is 29.0 Å². The molecule has 1 N–H and O–H groups in total. The summed E-state index contributed by atoms with van der Waals surface area (Å²) >= 11 is 0. The smallest absolute Gasteiger partial charge is 0.454 e. The van der Waals surface area contributed by atoms with E-state index in [1.807, 2.05) is 19.2 Å². The summed E-state index contributed by atoms with van der Waals surface area (Å²) in [7, 11) is 1.95. The first kappa shape index (κ1) is 11.5. The maximum absolute atomic E-state index is 5.28. The molecule has 0 aromatic heterocycles. The summed E-state index contributed by atoms with van der Waals surface area (Å²) in [6.07, 6.45) is 1.02. The summed E-state index contributed by atoms with van der Waals surface area (Å²) in [6, 6.07) is 6.08. The molecule has 0 atom stereocenters. The molecule has 0 aliphatic carbocycles. The summed E-state index contributed by atoms with van der Waals surface area (Å²) in [5, 5.41) is 3.11. The first-order valence-electron chi connectivity index (χ1n) is 4.43. The molecule has 2 rings (SSSR count). The Hall–Kier alpha value is -0.597. The van der Waals surface area contributed by atoms with Crippen LogP contribution in [0.4, 0.5) is 0 Å². The maximum atomic E-state index is 5.28. The van der Waals surface area contributed by atoms with Gasteiger partial charge in [0.1, 0.15) is 0 Å². The minimum Gasteiger partial charge on any atom is -0.454 e. The zero-order valence-corrected chi connectivity index (χ0v) is 11.3. The van der Waals surface area contributed by atoms with Gasteiger partial charge in [-0.1, -0.05) is 6.07 Å². The Morgan fingerprint density at radius 3 is 2.86 bits per heavy atom. The van der Waals surface area contributed by atoms with Crippen molar-refractivity contribution in [1.29, 1.82) is 0 Å². The van der Waals surface area contributed by atoms with Crippen LogP contribution in [0.15, 0.2) is 18.2 Å². The average molecular weight is 245 g/mol. The predicted octanol–water partition coefficient (Wildman–Crippen LogP) is 1.17. The van der Waals surface area contributed by atoms with Crippen molar-refractivity contribution in [3.05, 3.63) is 23.8 Å². The van der Waals surface area contributed by atoms with E-state index in [9.17, 15) is 0 Å². The number of nitrogens with one attached hydrogen (secondary N) is 1. The summed E-state index contributed by atoms with van der Waals surface area (Å²) in [5.74, 6) is 1.72. The van der Waals surface area contributed by atoms with Gasteiger partial charge in [0, 0.05) is 0 Å². The summed E-state index contributed by atoms with van der Waals surface area (Å²) in [4.78, 5) is 0. The second kappa shape index (κ2) is 5.33. The van der Waals surface area contributed by atoms with Crippen molar-refractivity contribution in [2.45, 2.75) is 6.42 Å². The average Bonchev–Trinajstić information content (AvgIpc) is 2.61. The topological polar surface area (TPSA) is 30.5 Å². The van der Waals surface area contributed by atoms with E-state index in [1.165, 1.54) is 5.56 Å². The molecule has 0 radical (unpaired) electrons. The predicted molar refractivity (Wildman–Crippen MR) is 50.2 cm³/mol. The number of rotatable bonds is 3. The number of hydrogen-bond donors (Lipinski definition) is 1. The van der Waals surface area contributed by atoms with Crippen LogP contribution in [0.1, 0.15) is 5.56 Å². The normalized spacial score (nSPS) is 12.4. The number of benzene rings is 1. The van der Waals surface area contributed by atoms with Crippen molar-refractivity contribution in [2.75, 3.05) is 20.4 Å². The molecule has 0 amide bonds. The maximum Gasteiger partial charge on any atom is 2.00 e. The molecule has 0 bridgehead atoms. The van der Waals surface area contributed by atoms with Crippen molar-refractivity contribution in [2.24, 2.45) is 0 Å². The molecule has 0 saturated carbocycles. The standard InChI is InChI=1S/C10H13NO2.Zn/c1-11-5-4-8-2-3-9-10(6-8)13-7-12-9;/h2-3,6,11H,4-5,7H2,1H3;/q;+2. The zero-order chi connectivity index (χ0) is 9.10. The monoisotopic (exact) mass is 243 g/mol. The number of hydrogen-bond acceptors (Lipinski definition) is 3. The largest absolute Gasteiger partial charge is 2.00 e. The van der Waals surface area contributed by atoms with Gasteiger partial charge in [-0.2, -0.15) is 0 Å². The molecule has 70 valence electrons. The van der Waals surface area contributed by atoms with Gasteiger partial charge < -0.3 is 14.8 Å². The molecule has 3 nitrogen and oxygen atoms in total. The van der Waals surface area contributed by atoms with Crippen LogP contribution in [-0.2, 0) is 25.9 Å². The van der Waals surface area contributed by atoms with Gasteiger partial charge in [0.05, 0.1) is 0 Å². The van der Waals surface area contributed by atoms with Gasteiger partial charge in [0.2, 0.25) is 6.79 Å². The van der Waals surface area contributed by atoms with E-state index in [1.54, 1.807) is 0 Å². The Bertz CT molecular complexity index is 304. The molecule has 1 aromatic rings. The van der Waals surface area contributed by atoms with Crippen LogP contribution in [0.2, 0.25) is 0 Å². The SMILES string of the molecule is CNCCc1ccc2c(c1)OCO2.[Zn+2]. The molecular formula is C10H13NO2Zn+2. The Morgan fingerprint density at radius 2 is 2.07 bits per heavy atom. The van der Waals surface area contributed by atoms with E-state index in [0.717, 1.165) is 24.5 Å². The first-order valence-corrected chi connectivity index (χ1v) is 4.43. The van der Waals surface area contributed by atoms with Gasteiger partial charge in [-0.15, -0.1) is 0 Å². The fourth-order valence-electron chi connectivity index (χ4n) is 1.37.